The van der Waals surface area contributed by atoms with E-state index in [1.807, 2.05) is 32.0 Å². The second-order valence-corrected chi connectivity index (χ2v) is 8.63. The number of nitrogens with zero attached hydrogens (tertiary/aromatic N) is 4. The number of anilines is 4. The Bertz CT molecular complexity index is 1070. The zero-order chi connectivity index (χ0) is 21.3. The second-order valence-electron chi connectivity index (χ2n) is 7.19. The number of rotatable bonds is 5. The van der Waals surface area contributed by atoms with Gasteiger partial charge in [0.2, 0.25) is 0 Å². The van der Waals surface area contributed by atoms with Gasteiger partial charge in [-0.15, -0.1) is 0 Å². The first-order chi connectivity index (χ1) is 14.4. The van der Waals surface area contributed by atoms with Crippen molar-refractivity contribution in [1.82, 2.24) is 15.0 Å². The van der Waals surface area contributed by atoms with Gasteiger partial charge in [0.05, 0.1) is 16.9 Å². The SMILES string of the molecule is Cc1nc(Nc2ncc(C(=O)Nc3c(C)cccc3Cl)s2)cc(N2CCC(N)C2)n1. The molecule has 0 saturated carbocycles. The number of aryl methyl sites for hydroxylation is 2. The van der Waals surface area contributed by atoms with Crippen LogP contribution >= 0.6 is 22.9 Å². The van der Waals surface area contributed by atoms with Gasteiger partial charge in [-0.1, -0.05) is 35.1 Å². The highest BCUT2D eigenvalue weighted by Crippen LogP contribution is 2.28. The smallest absolute Gasteiger partial charge is 0.267 e. The molecule has 1 aliphatic rings. The zero-order valence-corrected chi connectivity index (χ0v) is 18.2. The van der Waals surface area contributed by atoms with Gasteiger partial charge < -0.3 is 21.3 Å². The van der Waals surface area contributed by atoms with Crippen molar-refractivity contribution in [2.45, 2.75) is 26.3 Å². The summed E-state index contributed by atoms with van der Waals surface area (Å²) in [6.45, 7) is 5.39. The molecule has 3 heterocycles. The highest BCUT2D eigenvalue weighted by molar-refractivity contribution is 7.17. The predicted octanol–water partition coefficient (Wildman–Crippen LogP) is 3.74. The maximum Gasteiger partial charge on any atom is 0.267 e. The van der Waals surface area contributed by atoms with Crippen molar-refractivity contribution in [2.24, 2.45) is 5.73 Å². The molecule has 1 aliphatic heterocycles. The van der Waals surface area contributed by atoms with Crippen LogP contribution in [0, 0.1) is 13.8 Å². The lowest BCUT2D eigenvalue weighted by molar-refractivity contribution is 0.103. The molecular weight excluding hydrogens is 422 g/mol. The Morgan fingerprint density at radius 2 is 2.17 bits per heavy atom. The Hall–Kier alpha value is -2.75. The van der Waals surface area contributed by atoms with Crippen LogP contribution in [0.1, 0.15) is 27.5 Å². The molecule has 0 bridgehead atoms. The summed E-state index contributed by atoms with van der Waals surface area (Å²) in [7, 11) is 0. The molecule has 30 heavy (non-hydrogen) atoms. The molecule has 1 saturated heterocycles. The molecule has 10 heteroatoms. The highest BCUT2D eigenvalue weighted by atomic mass is 35.5. The number of nitrogens with two attached hydrogens (primary N) is 1. The standard InChI is InChI=1S/C20H22ClN7OS/c1-11-4-3-5-14(21)18(11)27-19(29)15-9-23-20(30-15)26-16-8-17(25-12(2)24-16)28-7-6-13(22)10-28/h3-5,8-9,13H,6-7,10,22H2,1-2H3,(H,27,29)(H,23,24,25,26). The van der Waals surface area contributed by atoms with Crippen molar-refractivity contribution in [3.8, 4) is 0 Å². The third kappa shape index (κ3) is 4.53. The van der Waals surface area contributed by atoms with Gasteiger partial charge in [0.15, 0.2) is 5.13 Å². The fraction of sp³-hybridized carbons (Fsp3) is 0.300. The van der Waals surface area contributed by atoms with Gasteiger partial charge >= 0.3 is 0 Å². The number of halogens is 1. The van der Waals surface area contributed by atoms with E-state index in [0.717, 1.165) is 30.9 Å². The average Bonchev–Trinajstić information content (AvgIpc) is 3.33. The number of amides is 1. The number of hydrogen-bond donors (Lipinski definition) is 3. The number of carbonyl (C=O) groups is 1. The van der Waals surface area contributed by atoms with Crippen molar-refractivity contribution in [1.29, 1.82) is 0 Å². The predicted molar refractivity (Wildman–Crippen MR) is 121 cm³/mol. The van der Waals surface area contributed by atoms with E-state index in [2.05, 4.69) is 30.5 Å². The molecule has 1 aromatic carbocycles. The van der Waals surface area contributed by atoms with Crippen molar-refractivity contribution >= 4 is 51.3 Å². The molecule has 0 spiro atoms. The molecular formula is C20H22ClN7OS. The maximum absolute atomic E-state index is 12.6. The monoisotopic (exact) mass is 443 g/mol. The minimum Gasteiger partial charge on any atom is -0.355 e. The Labute approximate surface area is 183 Å². The quantitative estimate of drug-likeness (QED) is 0.551. The van der Waals surface area contributed by atoms with Crippen LogP contribution in [0.4, 0.5) is 22.5 Å². The van der Waals surface area contributed by atoms with Gasteiger partial charge in [-0.3, -0.25) is 4.79 Å². The third-order valence-corrected chi connectivity index (χ3v) is 6.02. The summed E-state index contributed by atoms with van der Waals surface area (Å²) < 4.78 is 0. The highest BCUT2D eigenvalue weighted by Gasteiger charge is 2.21. The Morgan fingerprint density at radius 1 is 1.33 bits per heavy atom. The van der Waals surface area contributed by atoms with Crippen molar-refractivity contribution in [2.75, 3.05) is 28.6 Å². The van der Waals surface area contributed by atoms with E-state index in [4.69, 9.17) is 17.3 Å². The van der Waals surface area contributed by atoms with Crippen molar-refractivity contribution in [3.05, 3.63) is 51.7 Å². The summed E-state index contributed by atoms with van der Waals surface area (Å²) >= 11 is 7.44. The molecule has 8 nitrogen and oxygen atoms in total. The normalized spacial score (nSPS) is 16.0. The molecule has 1 atom stereocenters. The van der Waals surface area contributed by atoms with Crippen LogP contribution in [0.5, 0.6) is 0 Å². The number of hydrogen-bond acceptors (Lipinski definition) is 8. The minimum absolute atomic E-state index is 0.165. The minimum atomic E-state index is -0.262. The van der Waals surface area contributed by atoms with Crippen molar-refractivity contribution < 1.29 is 4.79 Å². The molecule has 2 aromatic heterocycles. The first-order valence-electron chi connectivity index (χ1n) is 9.54. The lowest BCUT2D eigenvalue weighted by Gasteiger charge is -2.18. The van der Waals surface area contributed by atoms with Gasteiger partial charge in [0.1, 0.15) is 22.3 Å². The summed E-state index contributed by atoms with van der Waals surface area (Å²) in [6, 6.07) is 7.52. The Kier molecular flexibility index (Phi) is 5.85. The first kappa shape index (κ1) is 20.5. The first-order valence-corrected chi connectivity index (χ1v) is 10.7. The van der Waals surface area contributed by atoms with E-state index in [9.17, 15) is 4.79 Å². The lowest BCUT2D eigenvalue weighted by Crippen LogP contribution is -2.27. The summed E-state index contributed by atoms with van der Waals surface area (Å²) in [6.07, 6.45) is 2.48. The van der Waals surface area contributed by atoms with Crippen LogP contribution in [0.15, 0.2) is 30.5 Å². The second kappa shape index (κ2) is 8.55. The van der Waals surface area contributed by atoms with E-state index in [0.29, 0.717) is 32.4 Å². The van der Waals surface area contributed by atoms with Crippen LogP contribution in [0.3, 0.4) is 0 Å². The fourth-order valence-electron chi connectivity index (χ4n) is 3.29. The number of aromatic nitrogens is 3. The van der Waals surface area contributed by atoms with Gasteiger partial charge in [0.25, 0.3) is 5.91 Å². The summed E-state index contributed by atoms with van der Waals surface area (Å²) in [4.78, 5) is 28.5. The molecule has 0 aliphatic carbocycles. The van der Waals surface area contributed by atoms with Crippen LogP contribution in [-0.4, -0.2) is 40.0 Å². The third-order valence-electron chi connectivity index (χ3n) is 4.80. The molecule has 1 amide bonds. The van der Waals surface area contributed by atoms with Gasteiger partial charge in [-0.25, -0.2) is 15.0 Å². The molecule has 0 radical (unpaired) electrons. The molecule has 1 fully saturated rings. The zero-order valence-electron chi connectivity index (χ0n) is 16.6. The van der Waals surface area contributed by atoms with Crippen LogP contribution in [0.25, 0.3) is 0 Å². The molecule has 1 unspecified atom stereocenters. The number of thiazole rings is 1. The van der Waals surface area contributed by atoms with E-state index >= 15 is 0 Å². The summed E-state index contributed by atoms with van der Waals surface area (Å²) in [5.74, 6) is 1.85. The molecule has 4 rings (SSSR count). The molecule has 156 valence electrons. The Balaban J connectivity index is 1.48. The topological polar surface area (TPSA) is 109 Å². The largest absolute Gasteiger partial charge is 0.355 e. The number of para-hydroxylation sites is 1. The summed E-state index contributed by atoms with van der Waals surface area (Å²) in [5, 5.41) is 7.10. The van der Waals surface area contributed by atoms with E-state index in [1.54, 1.807) is 6.07 Å². The van der Waals surface area contributed by atoms with Crippen LogP contribution < -0.4 is 21.3 Å². The van der Waals surface area contributed by atoms with Gasteiger partial charge in [-0.2, -0.15) is 0 Å². The number of benzene rings is 1. The fourth-order valence-corrected chi connectivity index (χ4v) is 4.27. The number of nitrogens with one attached hydrogen (secondary N) is 2. The van der Waals surface area contributed by atoms with Gasteiger partial charge in [-0.05, 0) is 31.9 Å². The van der Waals surface area contributed by atoms with Crippen molar-refractivity contribution in [3.63, 3.8) is 0 Å². The summed E-state index contributed by atoms with van der Waals surface area (Å²) in [5.41, 5.74) is 7.51. The number of carbonyl (C=O) groups excluding carboxylic acids is 1. The van der Waals surface area contributed by atoms with Crippen LogP contribution in [0.2, 0.25) is 5.02 Å². The molecule has 4 N–H and O–H groups in total. The van der Waals surface area contributed by atoms with Gasteiger partial charge in [0, 0.05) is 25.2 Å². The van der Waals surface area contributed by atoms with Crippen LogP contribution in [-0.2, 0) is 0 Å². The van der Waals surface area contributed by atoms with E-state index in [1.165, 1.54) is 17.5 Å². The lowest BCUT2D eigenvalue weighted by atomic mass is 10.2. The average molecular weight is 444 g/mol. The van der Waals surface area contributed by atoms with E-state index in [-0.39, 0.29) is 11.9 Å². The van der Waals surface area contributed by atoms with E-state index < -0.39 is 0 Å². The Morgan fingerprint density at radius 3 is 2.90 bits per heavy atom. The maximum atomic E-state index is 12.6. The molecule has 3 aromatic rings.